The number of aryl methyl sites for hydroxylation is 2. The van der Waals surface area contributed by atoms with Gasteiger partial charge in [0.2, 0.25) is 0 Å². The van der Waals surface area contributed by atoms with Crippen LogP contribution in [0.15, 0.2) is 10.5 Å². The lowest BCUT2D eigenvalue weighted by Crippen LogP contribution is -2.30. The van der Waals surface area contributed by atoms with E-state index in [-0.39, 0.29) is 6.04 Å². The fraction of sp³-hybridized carbons (Fsp3) is 0.733. The number of rotatable bonds is 3. The van der Waals surface area contributed by atoms with Crippen LogP contribution >= 0.6 is 0 Å². The van der Waals surface area contributed by atoms with Gasteiger partial charge in [-0.05, 0) is 38.2 Å². The molecule has 2 heteroatoms. The highest BCUT2D eigenvalue weighted by Crippen LogP contribution is 2.40. The summed E-state index contributed by atoms with van der Waals surface area (Å²) in [6.07, 6.45) is 6.61. The minimum Gasteiger partial charge on any atom is -0.466 e. The van der Waals surface area contributed by atoms with Crippen molar-refractivity contribution in [2.24, 2.45) is 17.6 Å². The summed E-state index contributed by atoms with van der Waals surface area (Å²) in [7, 11) is 0. The van der Waals surface area contributed by atoms with Crippen LogP contribution in [-0.4, -0.2) is 0 Å². The monoisotopic (exact) mass is 235 g/mol. The SMILES string of the molecule is CCC1CCCCC1C(N)c1cc(C)oc1C. The lowest BCUT2D eigenvalue weighted by molar-refractivity contribution is 0.195. The van der Waals surface area contributed by atoms with Gasteiger partial charge in [0, 0.05) is 11.6 Å². The Morgan fingerprint density at radius 3 is 2.65 bits per heavy atom. The number of nitrogens with two attached hydrogens (primary N) is 1. The third-order valence-corrected chi connectivity index (χ3v) is 4.39. The molecule has 17 heavy (non-hydrogen) atoms. The molecule has 0 radical (unpaired) electrons. The minimum atomic E-state index is 0.165. The largest absolute Gasteiger partial charge is 0.466 e. The Morgan fingerprint density at radius 2 is 2.06 bits per heavy atom. The van der Waals surface area contributed by atoms with E-state index in [2.05, 4.69) is 13.0 Å². The minimum absolute atomic E-state index is 0.165. The highest BCUT2D eigenvalue weighted by atomic mass is 16.3. The molecule has 0 spiro atoms. The Labute approximate surface area is 105 Å². The predicted molar refractivity (Wildman–Crippen MR) is 70.8 cm³/mol. The van der Waals surface area contributed by atoms with Crippen molar-refractivity contribution < 1.29 is 4.42 Å². The average Bonchev–Trinajstić information content (AvgIpc) is 2.67. The third-order valence-electron chi connectivity index (χ3n) is 4.39. The van der Waals surface area contributed by atoms with E-state index < -0.39 is 0 Å². The molecule has 0 aromatic carbocycles. The first-order chi connectivity index (χ1) is 8.13. The van der Waals surface area contributed by atoms with Gasteiger partial charge in [0.05, 0.1) is 0 Å². The van der Waals surface area contributed by atoms with Gasteiger partial charge in [0.1, 0.15) is 11.5 Å². The van der Waals surface area contributed by atoms with Crippen molar-refractivity contribution in [3.63, 3.8) is 0 Å². The molecule has 1 aliphatic rings. The van der Waals surface area contributed by atoms with Crippen molar-refractivity contribution in [3.8, 4) is 0 Å². The van der Waals surface area contributed by atoms with Gasteiger partial charge in [0.15, 0.2) is 0 Å². The zero-order valence-corrected chi connectivity index (χ0v) is 11.3. The van der Waals surface area contributed by atoms with Gasteiger partial charge in [-0.3, -0.25) is 0 Å². The Morgan fingerprint density at radius 1 is 1.35 bits per heavy atom. The molecule has 1 aliphatic carbocycles. The highest BCUT2D eigenvalue weighted by Gasteiger charge is 2.31. The van der Waals surface area contributed by atoms with Crippen LogP contribution in [0.4, 0.5) is 0 Å². The van der Waals surface area contributed by atoms with Crippen LogP contribution in [0.5, 0.6) is 0 Å². The zero-order chi connectivity index (χ0) is 12.4. The Bertz CT molecular complexity index is 369. The standard InChI is InChI=1S/C15H25NO/c1-4-12-7-5-6-8-13(12)15(16)14-9-10(2)17-11(14)3/h9,12-13,15H,4-8,16H2,1-3H3. The first-order valence-electron chi connectivity index (χ1n) is 6.96. The lowest BCUT2D eigenvalue weighted by Gasteiger charge is -2.35. The van der Waals surface area contributed by atoms with Crippen LogP contribution in [0.1, 0.15) is 62.2 Å². The molecule has 0 bridgehead atoms. The molecular formula is C15H25NO. The summed E-state index contributed by atoms with van der Waals surface area (Å²) < 4.78 is 5.62. The molecule has 96 valence electrons. The van der Waals surface area contributed by atoms with Crippen LogP contribution in [0.2, 0.25) is 0 Å². The molecular weight excluding hydrogens is 210 g/mol. The van der Waals surface area contributed by atoms with Crippen molar-refractivity contribution in [2.45, 2.75) is 58.9 Å². The summed E-state index contributed by atoms with van der Waals surface area (Å²) in [4.78, 5) is 0. The second-order valence-corrected chi connectivity index (χ2v) is 5.51. The fourth-order valence-electron chi connectivity index (χ4n) is 3.43. The van der Waals surface area contributed by atoms with Crippen molar-refractivity contribution in [1.29, 1.82) is 0 Å². The van der Waals surface area contributed by atoms with Gasteiger partial charge < -0.3 is 10.2 Å². The molecule has 2 nitrogen and oxygen atoms in total. The van der Waals surface area contributed by atoms with E-state index in [1.54, 1.807) is 0 Å². The summed E-state index contributed by atoms with van der Waals surface area (Å²) in [5.41, 5.74) is 7.72. The van der Waals surface area contributed by atoms with E-state index in [9.17, 15) is 0 Å². The summed E-state index contributed by atoms with van der Waals surface area (Å²) in [6, 6.07) is 2.29. The molecule has 0 saturated heterocycles. The van der Waals surface area contributed by atoms with Crippen molar-refractivity contribution in [3.05, 3.63) is 23.2 Å². The van der Waals surface area contributed by atoms with Gasteiger partial charge >= 0.3 is 0 Å². The van der Waals surface area contributed by atoms with E-state index in [0.29, 0.717) is 5.92 Å². The zero-order valence-electron chi connectivity index (χ0n) is 11.3. The molecule has 1 aromatic heterocycles. The van der Waals surface area contributed by atoms with Gasteiger partial charge in [-0.15, -0.1) is 0 Å². The molecule has 0 aliphatic heterocycles. The van der Waals surface area contributed by atoms with E-state index in [1.165, 1.54) is 37.7 Å². The van der Waals surface area contributed by atoms with Crippen LogP contribution < -0.4 is 5.73 Å². The summed E-state index contributed by atoms with van der Waals surface area (Å²) in [6.45, 7) is 6.33. The molecule has 3 unspecified atom stereocenters. The quantitative estimate of drug-likeness (QED) is 0.856. The smallest absolute Gasteiger partial charge is 0.105 e. The Balaban J connectivity index is 2.17. The van der Waals surface area contributed by atoms with E-state index in [1.807, 2.05) is 13.8 Å². The molecule has 3 atom stereocenters. The second kappa shape index (κ2) is 5.26. The maximum atomic E-state index is 6.49. The third kappa shape index (κ3) is 2.57. The van der Waals surface area contributed by atoms with Crippen molar-refractivity contribution in [1.82, 2.24) is 0 Å². The van der Waals surface area contributed by atoms with Crippen molar-refractivity contribution >= 4 is 0 Å². The average molecular weight is 235 g/mol. The van der Waals surface area contributed by atoms with Crippen molar-refractivity contribution in [2.75, 3.05) is 0 Å². The predicted octanol–water partition coefficient (Wildman–Crippen LogP) is 4.11. The van der Waals surface area contributed by atoms with Gasteiger partial charge in [-0.1, -0.05) is 32.6 Å². The Kier molecular flexibility index (Phi) is 3.93. The van der Waals surface area contributed by atoms with Crippen LogP contribution in [0.25, 0.3) is 0 Å². The molecule has 2 rings (SSSR count). The summed E-state index contributed by atoms with van der Waals surface area (Å²) >= 11 is 0. The van der Waals surface area contributed by atoms with Gasteiger partial charge in [0.25, 0.3) is 0 Å². The van der Waals surface area contributed by atoms with E-state index >= 15 is 0 Å². The number of hydrogen-bond donors (Lipinski definition) is 1. The summed E-state index contributed by atoms with van der Waals surface area (Å²) in [5.74, 6) is 3.44. The Hall–Kier alpha value is -0.760. The topological polar surface area (TPSA) is 39.2 Å². The maximum absolute atomic E-state index is 6.49. The molecule has 2 N–H and O–H groups in total. The molecule has 1 aromatic rings. The molecule has 0 amide bonds. The first kappa shape index (κ1) is 12.7. The number of furan rings is 1. The summed E-state index contributed by atoms with van der Waals surface area (Å²) in [5, 5.41) is 0. The lowest BCUT2D eigenvalue weighted by atomic mass is 9.72. The number of hydrogen-bond acceptors (Lipinski definition) is 2. The second-order valence-electron chi connectivity index (χ2n) is 5.51. The van der Waals surface area contributed by atoms with E-state index in [4.69, 9.17) is 10.2 Å². The molecule has 1 saturated carbocycles. The normalized spacial score (nSPS) is 27.1. The van der Waals surface area contributed by atoms with Gasteiger partial charge in [-0.2, -0.15) is 0 Å². The molecule has 1 heterocycles. The van der Waals surface area contributed by atoms with Gasteiger partial charge in [-0.25, -0.2) is 0 Å². The fourth-order valence-corrected chi connectivity index (χ4v) is 3.43. The van der Waals surface area contributed by atoms with Crippen LogP contribution in [-0.2, 0) is 0 Å². The maximum Gasteiger partial charge on any atom is 0.105 e. The van der Waals surface area contributed by atoms with E-state index in [0.717, 1.165) is 17.4 Å². The van der Waals surface area contributed by atoms with Crippen LogP contribution in [0.3, 0.4) is 0 Å². The van der Waals surface area contributed by atoms with Crippen LogP contribution in [0, 0.1) is 25.7 Å². The first-order valence-corrected chi connectivity index (χ1v) is 6.96. The molecule has 1 fully saturated rings. The highest BCUT2D eigenvalue weighted by molar-refractivity contribution is 5.24.